The first-order valence-electron chi connectivity index (χ1n) is 7.16. The first kappa shape index (κ1) is 14.3. The summed E-state index contributed by atoms with van der Waals surface area (Å²) in [5, 5.41) is 3.48. The highest BCUT2D eigenvalue weighted by Gasteiger charge is 2.22. The van der Waals surface area contributed by atoms with E-state index in [0.29, 0.717) is 19.3 Å². The molecular formula is C14H25N3O2. The molecule has 0 spiro atoms. The molecule has 2 rings (SSSR count). The molecule has 0 unspecified atom stereocenters. The van der Waals surface area contributed by atoms with Gasteiger partial charge in [-0.2, -0.15) is 0 Å². The summed E-state index contributed by atoms with van der Waals surface area (Å²) in [5.74, 6) is 1.03. The van der Waals surface area contributed by atoms with Crippen LogP contribution in [0.1, 0.15) is 31.4 Å². The molecule has 5 heteroatoms. The van der Waals surface area contributed by atoms with Crippen LogP contribution in [0.4, 0.5) is 5.95 Å². The summed E-state index contributed by atoms with van der Waals surface area (Å²) >= 11 is 0. The minimum absolute atomic E-state index is 0.651. The Hall–Kier alpha value is -1.07. The van der Waals surface area contributed by atoms with E-state index >= 15 is 0 Å². The van der Waals surface area contributed by atoms with Crippen LogP contribution in [0.15, 0.2) is 6.20 Å². The van der Waals surface area contributed by atoms with Crippen molar-refractivity contribution in [3.05, 3.63) is 11.9 Å². The van der Waals surface area contributed by atoms with Crippen LogP contribution in [-0.4, -0.2) is 42.5 Å². The maximum atomic E-state index is 5.46. The van der Waals surface area contributed by atoms with Crippen LogP contribution in [0.25, 0.3) is 0 Å². The van der Waals surface area contributed by atoms with Gasteiger partial charge in [-0.25, -0.2) is 4.98 Å². The number of unbranched alkanes of at least 4 members (excludes halogenated alkanes) is 1. The zero-order valence-corrected chi connectivity index (χ0v) is 12.0. The van der Waals surface area contributed by atoms with Gasteiger partial charge in [0.15, 0.2) is 0 Å². The van der Waals surface area contributed by atoms with Gasteiger partial charge in [0.25, 0.3) is 0 Å². The van der Waals surface area contributed by atoms with E-state index in [1.807, 2.05) is 6.92 Å². The van der Waals surface area contributed by atoms with E-state index in [0.717, 1.165) is 37.6 Å². The number of nitrogens with one attached hydrogen (secondary N) is 1. The van der Waals surface area contributed by atoms with Crippen molar-refractivity contribution in [3.8, 4) is 0 Å². The van der Waals surface area contributed by atoms with E-state index < -0.39 is 0 Å². The lowest BCUT2D eigenvalue weighted by Crippen LogP contribution is -2.09. The molecule has 0 aromatic carbocycles. The Morgan fingerprint density at radius 1 is 1.32 bits per heavy atom. The standard InChI is InChI=1S/C14H25N3O2/c1-12-11-17(14(15-12)16-13-5-6-13)7-3-4-8-19-10-9-18-2/h11,13H,3-10H2,1-2H3,(H,15,16). The highest BCUT2D eigenvalue weighted by molar-refractivity contribution is 5.32. The van der Waals surface area contributed by atoms with E-state index in [1.165, 1.54) is 12.8 Å². The maximum absolute atomic E-state index is 5.46. The Labute approximate surface area is 115 Å². The Morgan fingerprint density at radius 2 is 2.16 bits per heavy atom. The second-order valence-corrected chi connectivity index (χ2v) is 5.13. The third kappa shape index (κ3) is 5.20. The number of methoxy groups -OCH3 is 1. The van der Waals surface area contributed by atoms with E-state index in [-0.39, 0.29) is 0 Å². The quantitative estimate of drug-likeness (QED) is 0.660. The molecule has 0 bridgehead atoms. The Kier molecular flexibility index (Phi) is 5.66. The molecule has 1 aliphatic rings. The number of aryl methyl sites for hydroxylation is 2. The summed E-state index contributed by atoms with van der Waals surface area (Å²) in [6.45, 7) is 5.22. The third-order valence-corrected chi connectivity index (χ3v) is 3.18. The lowest BCUT2D eigenvalue weighted by Gasteiger charge is -2.09. The van der Waals surface area contributed by atoms with Crippen LogP contribution in [0.3, 0.4) is 0 Å². The fourth-order valence-electron chi connectivity index (χ4n) is 1.97. The predicted molar refractivity (Wildman–Crippen MR) is 75.5 cm³/mol. The summed E-state index contributed by atoms with van der Waals surface area (Å²) in [4.78, 5) is 4.53. The van der Waals surface area contributed by atoms with Gasteiger partial charge in [-0.05, 0) is 32.6 Å². The predicted octanol–water partition coefficient (Wildman–Crippen LogP) is 2.21. The van der Waals surface area contributed by atoms with Gasteiger partial charge >= 0.3 is 0 Å². The maximum Gasteiger partial charge on any atom is 0.203 e. The fraction of sp³-hybridized carbons (Fsp3) is 0.786. The SMILES string of the molecule is COCCOCCCCn1cc(C)nc1NC1CC1. The van der Waals surface area contributed by atoms with E-state index in [1.54, 1.807) is 7.11 Å². The number of rotatable bonds is 10. The summed E-state index contributed by atoms with van der Waals surface area (Å²) in [5.41, 5.74) is 1.08. The van der Waals surface area contributed by atoms with Gasteiger partial charge in [0.05, 0.1) is 18.9 Å². The number of nitrogens with zero attached hydrogens (tertiary/aromatic N) is 2. The first-order valence-corrected chi connectivity index (χ1v) is 7.16. The van der Waals surface area contributed by atoms with Crippen molar-refractivity contribution in [1.29, 1.82) is 0 Å². The van der Waals surface area contributed by atoms with Gasteiger partial charge in [0.2, 0.25) is 5.95 Å². The van der Waals surface area contributed by atoms with Crippen molar-refractivity contribution < 1.29 is 9.47 Å². The molecule has 0 radical (unpaired) electrons. The topological polar surface area (TPSA) is 48.3 Å². The number of hydrogen-bond donors (Lipinski definition) is 1. The third-order valence-electron chi connectivity index (χ3n) is 3.18. The van der Waals surface area contributed by atoms with Crippen molar-refractivity contribution in [2.24, 2.45) is 0 Å². The van der Waals surface area contributed by atoms with Gasteiger partial charge in [0, 0.05) is 32.5 Å². The second kappa shape index (κ2) is 7.50. The smallest absolute Gasteiger partial charge is 0.203 e. The average molecular weight is 267 g/mol. The largest absolute Gasteiger partial charge is 0.382 e. The normalized spacial score (nSPS) is 14.8. The van der Waals surface area contributed by atoms with E-state index in [2.05, 4.69) is 21.1 Å². The highest BCUT2D eigenvalue weighted by atomic mass is 16.5. The molecule has 0 atom stereocenters. The summed E-state index contributed by atoms with van der Waals surface area (Å²) in [6, 6.07) is 0.651. The summed E-state index contributed by atoms with van der Waals surface area (Å²) in [6.07, 6.45) is 6.86. The van der Waals surface area contributed by atoms with Crippen molar-refractivity contribution in [3.63, 3.8) is 0 Å². The Bertz CT molecular complexity index is 375. The van der Waals surface area contributed by atoms with Gasteiger partial charge in [0.1, 0.15) is 0 Å². The molecule has 1 aromatic rings. The number of imidazole rings is 1. The van der Waals surface area contributed by atoms with Crippen LogP contribution in [0, 0.1) is 6.92 Å². The van der Waals surface area contributed by atoms with Crippen LogP contribution in [0.2, 0.25) is 0 Å². The summed E-state index contributed by atoms with van der Waals surface area (Å²) < 4.78 is 12.6. The molecule has 1 aromatic heterocycles. The van der Waals surface area contributed by atoms with Crippen LogP contribution in [0.5, 0.6) is 0 Å². The minimum atomic E-state index is 0.651. The molecule has 0 saturated heterocycles. The number of anilines is 1. The molecule has 1 heterocycles. The van der Waals surface area contributed by atoms with Gasteiger partial charge in [-0.3, -0.25) is 0 Å². The molecule has 1 aliphatic carbocycles. The zero-order valence-electron chi connectivity index (χ0n) is 12.0. The number of aromatic nitrogens is 2. The lowest BCUT2D eigenvalue weighted by atomic mass is 10.3. The molecule has 1 saturated carbocycles. The van der Waals surface area contributed by atoms with Crippen LogP contribution < -0.4 is 5.32 Å². The molecule has 1 fully saturated rings. The van der Waals surface area contributed by atoms with E-state index in [4.69, 9.17) is 9.47 Å². The van der Waals surface area contributed by atoms with Crippen molar-refractivity contribution >= 4 is 5.95 Å². The Morgan fingerprint density at radius 3 is 2.89 bits per heavy atom. The van der Waals surface area contributed by atoms with Gasteiger partial charge in [-0.15, -0.1) is 0 Å². The van der Waals surface area contributed by atoms with Crippen LogP contribution in [-0.2, 0) is 16.0 Å². The number of hydrogen-bond acceptors (Lipinski definition) is 4. The summed E-state index contributed by atoms with van der Waals surface area (Å²) in [7, 11) is 1.69. The minimum Gasteiger partial charge on any atom is -0.382 e. The van der Waals surface area contributed by atoms with Crippen molar-refractivity contribution in [1.82, 2.24) is 9.55 Å². The molecule has 108 valence electrons. The molecule has 5 nitrogen and oxygen atoms in total. The number of ether oxygens (including phenoxy) is 2. The lowest BCUT2D eigenvalue weighted by molar-refractivity contribution is 0.0684. The second-order valence-electron chi connectivity index (χ2n) is 5.13. The highest BCUT2D eigenvalue weighted by Crippen LogP contribution is 2.24. The first-order chi connectivity index (χ1) is 9.29. The van der Waals surface area contributed by atoms with Crippen LogP contribution >= 0.6 is 0 Å². The average Bonchev–Trinajstić information content (AvgIpc) is 3.13. The zero-order chi connectivity index (χ0) is 13.5. The van der Waals surface area contributed by atoms with E-state index in [9.17, 15) is 0 Å². The molecule has 0 aliphatic heterocycles. The molecule has 0 amide bonds. The fourth-order valence-corrected chi connectivity index (χ4v) is 1.97. The monoisotopic (exact) mass is 267 g/mol. The Balaban J connectivity index is 1.64. The molecular weight excluding hydrogens is 242 g/mol. The van der Waals surface area contributed by atoms with Crippen molar-refractivity contribution in [2.75, 3.05) is 32.2 Å². The van der Waals surface area contributed by atoms with Crippen molar-refractivity contribution in [2.45, 2.75) is 45.2 Å². The molecule has 1 N–H and O–H groups in total. The van der Waals surface area contributed by atoms with Gasteiger partial charge in [-0.1, -0.05) is 0 Å². The van der Waals surface area contributed by atoms with Gasteiger partial charge < -0.3 is 19.4 Å². The molecule has 19 heavy (non-hydrogen) atoms.